The molecule has 0 aromatic heterocycles. The van der Waals surface area contributed by atoms with Gasteiger partial charge in [0.05, 0.1) is 18.7 Å². The van der Waals surface area contributed by atoms with Crippen molar-refractivity contribution in [2.75, 3.05) is 12.0 Å². The number of ether oxygens (including phenoxy) is 1. The molecular weight excluding hydrogens is 457 g/mol. The maximum absolute atomic E-state index is 15.1. The molecule has 1 saturated heterocycles. The lowest BCUT2D eigenvalue weighted by atomic mass is 9.90. The summed E-state index contributed by atoms with van der Waals surface area (Å²) in [7, 11) is 1.58. The molecule has 3 aromatic carbocycles. The van der Waals surface area contributed by atoms with E-state index in [2.05, 4.69) is 0 Å². The van der Waals surface area contributed by atoms with Gasteiger partial charge < -0.3 is 9.84 Å². The van der Waals surface area contributed by atoms with E-state index in [0.717, 1.165) is 16.7 Å². The first-order valence-electron chi connectivity index (χ1n) is 11.9. The summed E-state index contributed by atoms with van der Waals surface area (Å²) in [6.45, 7) is 9.63. The van der Waals surface area contributed by atoms with E-state index in [4.69, 9.17) is 4.74 Å². The average molecular weight is 488 g/mol. The van der Waals surface area contributed by atoms with Crippen LogP contribution in [0.5, 0.6) is 5.75 Å². The Hall–Kier alpha value is -3.93. The summed E-state index contributed by atoms with van der Waals surface area (Å²) in [4.78, 5) is 28.1. The van der Waals surface area contributed by atoms with Crippen LogP contribution in [0, 0.1) is 26.6 Å². The number of aliphatic hydroxyl groups excluding tert-OH is 1. The number of Topliss-reactive ketones (excluding diaryl/α,β-unsaturated/α-hetero) is 1. The lowest BCUT2D eigenvalue weighted by Crippen LogP contribution is -2.30. The van der Waals surface area contributed by atoms with Crippen LogP contribution in [-0.2, 0) is 9.59 Å². The molecule has 1 atom stereocenters. The van der Waals surface area contributed by atoms with Crippen LogP contribution in [-0.4, -0.2) is 23.9 Å². The first-order valence-corrected chi connectivity index (χ1v) is 11.9. The number of benzene rings is 3. The number of halogens is 1. The summed E-state index contributed by atoms with van der Waals surface area (Å²) in [5.74, 6) is -1.84. The van der Waals surface area contributed by atoms with Crippen LogP contribution >= 0.6 is 0 Å². The molecule has 1 N–H and O–H groups in total. The lowest BCUT2D eigenvalue weighted by Gasteiger charge is -2.26. The van der Waals surface area contributed by atoms with Crippen LogP contribution in [0.2, 0.25) is 0 Å². The fraction of sp³-hybridized carbons (Fsp3) is 0.267. The van der Waals surface area contributed by atoms with Gasteiger partial charge in [0.1, 0.15) is 17.3 Å². The summed E-state index contributed by atoms with van der Waals surface area (Å²) < 4.78 is 20.7. The van der Waals surface area contributed by atoms with Gasteiger partial charge in [0, 0.05) is 16.8 Å². The van der Waals surface area contributed by atoms with Gasteiger partial charge in [0.15, 0.2) is 0 Å². The van der Waals surface area contributed by atoms with Crippen molar-refractivity contribution in [1.29, 1.82) is 0 Å². The summed E-state index contributed by atoms with van der Waals surface area (Å²) >= 11 is 0. The van der Waals surface area contributed by atoms with Crippen molar-refractivity contribution >= 4 is 23.1 Å². The molecule has 0 spiro atoms. The Morgan fingerprint density at radius 1 is 0.972 bits per heavy atom. The number of aryl methyl sites for hydroxylation is 3. The Morgan fingerprint density at radius 2 is 1.67 bits per heavy atom. The molecule has 0 bridgehead atoms. The standard InChI is InChI=1S/C30H30FNO4/c1-16(2)22-15-23(19(5)14-25(22)36-6)28(33)26-27(21-9-7-8-10-24(21)31)32(30(35)29(26)34)20-12-11-17(3)18(4)13-20/h7-16,27,33H,1-6H3/b28-26+. The third-order valence-electron chi connectivity index (χ3n) is 6.87. The van der Waals surface area contributed by atoms with Crippen LogP contribution in [0.3, 0.4) is 0 Å². The van der Waals surface area contributed by atoms with Gasteiger partial charge in [-0.3, -0.25) is 14.5 Å². The molecule has 186 valence electrons. The predicted molar refractivity (Wildman–Crippen MR) is 139 cm³/mol. The molecule has 0 aliphatic carbocycles. The highest BCUT2D eigenvalue weighted by atomic mass is 19.1. The summed E-state index contributed by atoms with van der Waals surface area (Å²) in [6, 6.07) is 13.8. The molecule has 4 rings (SSSR count). The van der Waals surface area contributed by atoms with Crippen LogP contribution in [0.25, 0.3) is 5.76 Å². The molecule has 0 radical (unpaired) electrons. The number of nitrogens with zero attached hydrogens (tertiary/aromatic N) is 1. The third kappa shape index (κ3) is 4.17. The van der Waals surface area contributed by atoms with Crippen molar-refractivity contribution in [3.8, 4) is 5.75 Å². The van der Waals surface area contributed by atoms with Gasteiger partial charge in [-0.1, -0.05) is 38.1 Å². The minimum Gasteiger partial charge on any atom is -0.507 e. The van der Waals surface area contributed by atoms with E-state index in [9.17, 15) is 14.7 Å². The summed E-state index contributed by atoms with van der Waals surface area (Å²) in [5, 5.41) is 11.6. The number of rotatable bonds is 5. The zero-order chi connectivity index (χ0) is 26.3. The fourth-order valence-electron chi connectivity index (χ4n) is 4.69. The van der Waals surface area contributed by atoms with E-state index in [1.54, 1.807) is 50.4 Å². The molecule has 1 fully saturated rings. The second-order valence-electron chi connectivity index (χ2n) is 9.52. The lowest BCUT2D eigenvalue weighted by molar-refractivity contribution is -0.132. The molecule has 1 amide bonds. The summed E-state index contributed by atoms with van der Waals surface area (Å²) in [5.41, 5.74) is 4.30. The van der Waals surface area contributed by atoms with Gasteiger partial charge in [0.25, 0.3) is 11.7 Å². The van der Waals surface area contributed by atoms with E-state index < -0.39 is 23.5 Å². The Bertz CT molecular complexity index is 1410. The Kier molecular flexibility index (Phi) is 6.72. The average Bonchev–Trinajstić information content (AvgIpc) is 3.10. The van der Waals surface area contributed by atoms with Crippen molar-refractivity contribution in [1.82, 2.24) is 0 Å². The monoisotopic (exact) mass is 487 g/mol. The number of ketones is 1. The molecule has 3 aromatic rings. The fourth-order valence-corrected chi connectivity index (χ4v) is 4.69. The maximum atomic E-state index is 15.1. The van der Waals surface area contributed by atoms with E-state index in [0.29, 0.717) is 22.6 Å². The smallest absolute Gasteiger partial charge is 0.300 e. The Labute approximate surface area is 210 Å². The van der Waals surface area contributed by atoms with Gasteiger partial charge in [0.2, 0.25) is 0 Å². The second kappa shape index (κ2) is 9.61. The highest BCUT2D eigenvalue weighted by molar-refractivity contribution is 6.51. The number of carbonyl (C=O) groups is 2. The molecule has 1 aliphatic rings. The Morgan fingerprint density at radius 3 is 2.28 bits per heavy atom. The highest BCUT2D eigenvalue weighted by Crippen LogP contribution is 2.44. The number of carbonyl (C=O) groups excluding carboxylic acids is 2. The predicted octanol–water partition coefficient (Wildman–Crippen LogP) is 6.51. The SMILES string of the molecule is COc1cc(C)c(/C(O)=C2\C(=O)C(=O)N(c3ccc(C)c(C)c3)C2c2ccccc2F)cc1C(C)C. The van der Waals surface area contributed by atoms with Crippen molar-refractivity contribution in [2.45, 2.75) is 46.6 Å². The number of hydrogen-bond acceptors (Lipinski definition) is 4. The first kappa shape index (κ1) is 25.2. The molecule has 0 saturated carbocycles. The number of amides is 1. The minimum atomic E-state index is -1.13. The number of anilines is 1. The summed E-state index contributed by atoms with van der Waals surface area (Å²) in [6.07, 6.45) is 0. The van der Waals surface area contributed by atoms with Crippen molar-refractivity contribution < 1.29 is 23.8 Å². The molecule has 1 aliphatic heterocycles. The van der Waals surface area contributed by atoms with Crippen molar-refractivity contribution in [3.63, 3.8) is 0 Å². The number of hydrogen-bond donors (Lipinski definition) is 1. The Balaban J connectivity index is 2.01. The molecule has 36 heavy (non-hydrogen) atoms. The van der Waals surface area contributed by atoms with Crippen LogP contribution in [0.1, 0.15) is 59.2 Å². The normalized spacial score (nSPS) is 17.2. The van der Waals surface area contributed by atoms with Gasteiger partial charge in [-0.2, -0.15) is 0 Å². The molecule has 6 heteroatoms. The number of aliphatic hydroxyl groups is 1. The van der Waals surface area contributed by atoms with E-state index in [-0.39, 0.29) is 22.8 Å². The van der Waals surface area contributed by atoms with Crippen LogP contribution in [0.15, 0.2) is 60.2 Å². The third-order valence-corrected chi connectivity index (χ3v) is 6.87. The zero-order valence-corrected chi connectivity index (χ0v) is 21.3. The maximum Gasteiger partial charge on any atom is 0.300 e. The zero-order valence-electron chi connectivity index (χ0n) is 21.3. The van der Waals surface area contributed by atoms with Crippen molar-refractivity contribution in [2.24, 2.45) is 0 Å². The van der Waals surface area contributed by atoms with Gasteiger partial charge in [-0.25, -0.2) is 4.39 Å². The van der Waals surface area contributed by atoms with E-state index in [1.807, 2.05) is 33.8 Å². The first-order chi connectivity index (χ1) is 17.1. The second-order valence-corrected chi connectivity index (χ2v) is 9.52. The van der Waals surface area contributed by atoms with E-state index in [1.165, 1.54) is 17.0 Å². The minimum absolute atomic E-state index is 0.0763. The van der Waals surface area contributed by atoms with Gasteiger partial charge >= 0.3 is 0 Å². The topological polar surface area (TPSA) is 66.8 Å². The molecular formula is C30H30FNO4. The van der Waals surface area contributed by atoms with Gasteiger partial charge in [-0.15, -0.1) is 0 Å². The molecule has 1 unspecified atom stereocenters. The number of methoxy groups -OCH3 is 1. The quantitative estimate of drug-likeness (QED) is 0.253. The molecule has 5 nitrogen and oxygen atoms in total. The highest BCUT2D eigenvalue weighted by Gasteiger charge is 2.48. The van der Waals surface area contributed by atoms with Crippen LogP contribution in [0.4, 0.5) is 10.1 Å². The van der Waals surface area contributed by atoms with Crippen LogP contribution < -0.4 is 9.64 Å². The van der Waals surface area contributed by atoms with Crippen molar-refractivity contribution in [3.05, 3.63) is 99.4 Å². The molecule has 1 heterocycles. The van der Waals surface area contributed by atoms with E-state index >= 15 is 4.39 Å². The van der Waals surface area contributed by atoms with Gasteiger partial charge in [-0.05, 0) is 79.3 Å². The largest absolute Gasteiger partial charge is 0.507 e.